The highest BCUT2D eigenvalue weighted by molar-refractivity contribution is 5.85. The first-order chi connectivity index (χ1) is 18.2. The van der Waals surface area contributed by atoms with Crippen molar-refractivity contribution < 1.29 is 61.9 Å². The van der Waals surface area contributed by atoms with Crippen LogP contribution in [0, 0.1) is 0 Å². The van der Waals surface area contributed by atoms with Crippen LogP contribution in [0.1, 0.15) is 104 Å². The molecule has 0 saturated heterocycles. The Hall–Kier alpha value is -1.44. The molecule has 0 fully saturated rings. The zero-order chi connectivity index (χ0) is 31.5. The average molecular weight is 616 g/mol. The van der Waals surface area contributed by atoms with E-state index < -0.39 is 54.8 Å². The third-order valence-electron chi connectivity index (χ3n) is 6.55. The second kappa shape index (κ2) is 15.7. The third kappa shape index (κ3) is 9.03. The van der Waals surface area contributed by atoms with E-state index in [1.54, 1.807) is 0 Å². The number of carbonyl (C=O) groups excluding carboxylic acids is 1. The molecule has 0 N–H and O–H groups in total. The number of alkyl halides is 13. The van der Waals surface area contributed by atoms with Crippen LogP contribution >= 0.6 is 0 Å². The highest BCUT2D eigenvalue weighted by Crippen LogP contribution is 2.60. The summed E-state index contributed by atoms with van der Waals surface area (Å²) < 4.78 is 175. The Morgan fingerprint density at radius 2 is 0.750 bits per heavy atom. The summed E-state index contributed by atoms with van der Waals surface area (Å²) in [5.41, 5.74) is 0. The summed E-state index contributed by atoms with van der Waals surface area (Å²) >= 11 is 0. The van der Waals surface area contributed by atoms with E-state index in [-0.39, 0.29) is 17.7 Å². The number of carbonyl (C=O) groups is 1. The van der Waals surface area contributed by atoms with Crippen LogP contribution in [0.4, 0.5) is 57.1 Å². The number of nitrogens with zero attached hydrogens (tertiary/aromatic N) is 1. The van der Waals surface area contributed by atoms with Crippen molar-refractivity contribution in [3.8, 4) is 0 Å². The van der Waals surface area contributed by atoms with E-state index in [1.807, 2.05) is 13.8 Å². The topological polar surface area (TPSA) is 20.3 Å². The van der Waals surface area contributed by atoms with Crippen molar-refractivity contribution in [2.75, 3.05) is 13.1 Å². The number of hydrogen-bond acceptors (Lipinski definition) is 1. The quantitative estimate of drug-likeness (QED) is 0.0930. The molecular formula is C25H38F13NO. The van der Waals surface area contributed by atoms with Gasteiger partial charge in [0.05, 0.1) is 0 Å². The maximum atomic E-state index is 14.5. The molecule has 0 aliphatic rings. The lowest BCUT2D eigenvalue weighted by atomic mass is 9.93. The summed E-state index contributed by atoms with van der Waals surface area (Å²) in [5.74, 6) is -41.2. The van der Waals surface area contributed by atoms with E-state index in [0.29, 0.717) is 25.7 Å². The highest BCUT2D eigenvalue weighted by atomic mass is 19.4. The zero-order valence-electron chi connectivity index (χ0n) is 22.6. The summed E-state index contributed by atoms with van der Waals surface area (Å²) in [5, 5.41) is 0. The van der Waals surface area contributed by atoms with Gasteiger partial charge in [-0.1, -0.05) is 90.9 Å². The van der Waals surface area contributed by atoms with Crippen molar-refractivity contribution in [1.82, 2.24) is 4.90 Å². The first kappa shape index (κ1) is 38.6. The molecule has 0 rings (SSSR count). The van der Waals surface area contributed by atoms with Gasteiger partial charge in [0.2, 0.25) is 0 Å². The summed E-state index contributed by atoms with van der Waals surface area (Å²) in [6, 6.07) is 0. The Labute approximate surface area is 226 Å². The van der Waals surface area contributed by atoms with Gasteiger partial charge in [-0.3, -0.25) is 4.79 Å². The normalized spacial score (nSPS) is 14.1. The minimum atomic E-state index is -8.02. The fraction of sp³-hybridized carbons (Fsp3) is 0.960. The van der Waals surface area contributed by atoms with Crippen molar-refractivity contribution in [3.05, 3.63) is 0 Å². The SMILES string of the molecule is CCCCCCCCCN(CCCCCCCCC)C(=O)C(F)(F)C(F)(F)C(F)(F)C(F)(F)C(F)(F)C(F)(F)F. The molecule has 0 radical (unpaired) electrons. The lowest BCUT2D eigenvalue weighted by Gasteiger charge is -2.40. The van der Waals surface area contributed by atoms with Crippen molar-refractivity contribution in [1.29, 1.82) is 0 Å². The van der Waals surface area contributed by atoms with Gasteiger partial charge in [-0.15, -0.1) is 0 Å². The fourth-order valence-corrected chi connectivity index (χ4v) is 3.94. The molecule has 40 heavy (non-hydrogen) atoms. The first-order valence-electron chi connectivity index (χ1n) is 13.4. The monoisotopic (exact) mass is 615 g/mol. The largest absolute Gasteiger partial charge is 0.460 e. The maximum Gasteiger partial charge on any atom is 0.460 e. The van der Waals surface area contributed by atoms with Crippen LogP contribution in [-0.4, -0.2) is 59.7 Å². The summed E-state index contributed by atoms with van der Waals surface area (Å²) in [7, 11) is 0. The lowest BCUT2D eigenvalue weighted by Crippen LogP contribution is -2.72. The molecule has 2 nitrogen and oxygen atoms in total. The number of hydrogen-bond donors (Lipinski definition) is 0. The molecule has 15 heteroatoms. The smallest absolute Gasteiger partial charge is 0.337 e. The minimum Gasteiger partial charge on any atom is -0.337 e. The van der Waals surface area contributed by atoms with Gasteiger partial charge in [-0.05, 0) is 12.8 Å². The molecule has 0 spiro atoms. The Morgan fingerprint density at radius 3 is 1.07 bits per heavy atom. The molecule has 0 atom stereocenters. The van der Waals surface area contributed by atoms with Crippen molar-refractivity contribution in [2.24, 2.45) is 0 Å². The van der Waals surface area contributed by atoms with Crippen molar-refractivity contribution in [2.45, 2.75) is 140 Å². The predicted octanol–water partition coefficient (Wildman–Crippen LogP) is 10.1. The van der Waals surface area contributed by atoms with Crippen LogP contribution in [0.3, 0.4) is 0 Å². The molecule has 1 amide bonds. The average Bonchev–Trinajstić information content (AvgIpc) is 2.84. The van der Waals surface area contributed by atoms with Crippen molar-refractivity contribution >= 4 is 5.91 Å². The van der Waals surface area contributed by atoms with E-state index in [1.165, 1.54) is 0 Å². The highest BCUT2D eigenvalue weighted by Gasteiger charge is 2.91. The molecular weight excluding hydrogens is 577 g/mol. The molecule has 240 valence electrons. The van der Waals surface area contributed by atoms with E-state index in [4.69, 9.17) is 0 Å². The molecule has 0 heterocycles. The van der Waals surface area contributed by atoms with E-state index in [0.717, 1.165) is 51.4 Å². The first-order valence-corrected chi connectivity index (χ1v) is 13.4. The van der Waals surface area contributed by atoms with Gasteiger partial charge in [0, 0.05) is 13.1 Å². The molecule has 0 aliphatic heterocycles. The van der Waals surface area contributed by atoms with Crippen molar-refractivity contribution in [3.63, 3.8) is 0 Å². The molecule has 0 saturated carbocycles. The zero-order valence-corrected chi connectivity index (χ0v) is 22.6. The third-order valence-corrected chi connectivity index (χ3v) is 6.55. The second-order valence-electron chi connectivity index (χ2n) is 9.90. The molecule has 0 unspecified atom stereocenters. The lowest BCUT2D eigenvalue weighted by molar-refractivity contribution is -0.436. The number of amides is 1. The van der Waals surface area contributed by atoms with Gasteiger partial charge in [0.1, 0.15) is 0 Å². The molecule has 0 aromatic carbocycles. The fourth-order valence-electron chi connectivity index (χ4n) is 3.94. The molecule has 0 aromatic heterocycles. The van der Waals surface area contributed by atoms with E-state index >= 15 is 0 Å². The van der Waals surface area contributed by atoms with Crippen LogP contribution in [0.25, 0.3) is 0 Å². The van der Waals surface area contributed by atoms with Gasteiger partial charge < -0.3 is 4.90 Å². The van der Waals surface area contributed by atoms with Gasteiger partial charge in [-0.25, -0.2) is 0 Å². The van der Waals surface area contributed by atoms with E-state index in [2.05, 4.69) is 0 Å². The minimum absolute atomic E-state index is 0.0469. The number of unbranched alkanes of at least 4 members (excludes halogenated alkanes) is 12. The van der Waals surface area contributed by atoms with Gasteiger partial charge in [0.15, 0.2) is 0 Å². The Balaban J connectivity index is 5.85. The summed E-state index contributed by atoms with van der Waals surface area (Å²) in [4.78, 5) is 12.4. The molecule has 0 bridgehead atoms. The van der Waals surface area contributed by atoms with Crippen LogP contribution in [0.5, 0.6) is 0 Å². The molecule has 0 aromatic rings. The van der Waals surface area contributed by atoms with Crippen LogP contribution in [0.15, 0.2) is 0 Å². The Morgan fingerprint density at radius 1 is 0.450 bits per heavy atom. The van der Waals surface area contributed by atoms with Gasteiger partial charge >= 0.3 is 35.8 Å². The van der Waals surface area contributed by atoms with Crippen LogP contribution in [-0.2, 0) is 4.79 Å². The maximum absolute atomic E-state index is 14.5. The Bertz CT molecular complexity index is 721. The van der Waals surface area contributed by atoms with E-state index in [9.17, 15) is 61.9 Å². The van der Waals surface area contributed by atoms with Crippen LogP contribution < -0.4 is 0 Å². The number of halogens is 13. The standard InChI is InChI=1S/C25H38F13NO/c1-3-5-7-9-11-13-15-17-39(18-16-14-12-10-8-6-4-2)19(40)20(26,27)21(28,29)22(30,31)23(32,33)24(34,35)25(36,37)38/h3-18H2,1-2H3. The number of rotatable bonds is 21. The summed E-state index contributed by atoms with van der Waals surface area (Å²) in [6.07, 6.45) is 0.964. The second-order valence-corrected chi connectivity index (χ2v) is 9.90. The van der Waals surface area contributed by atoms with Gasteiger partial charge in [-0.2, -0.15) is 57.1 Å². The Kier molecular flexibility index (Phi) is 15.1. The summed E-state index contributed by atoms with van der Waals surface area (Å²) in [6.45, 7) is 2.59. The molecule has 0 aliphatic carbocycles. The predicted molar refractivity (Wildman–Crippen MR) is 123 cm³/mol. The van der Waals surface area contributed by atoms with Gasteiger partial charge in [0.25, 0.3) is 5.91 Å². The van der Waals surface area contributed by atoms with Crippen LogP contribution in [0.2, 0.25) is 0 Å².